The molecule has 0 radical (unpaired) electrons. The molecule has 0 fully saturated rings. The highest BCUT2D eigenvalue weighted by Gasteiger charge is 2.16. The largest absolute Gasteiger partial charge is 0.497 e. The Labute approximate surface area is 120 Å². The molecule has 21 heavy (non-hydrogen) atoms. The summed E-state index contributed by atoms with van der Waals surface area (Å²) in [5, 5.41) is 16.3. The fourth-order valence-corrected chi connectivity index (χ4v) is 1.91. The van der Waals surface area contributed by atoms with E-state index in [1.165, 1.54) is 19.2 Å². The first-order valence-electron chi connectivity index (χ1n) is 6.37. The first-order chi connectivity index (χ1) is 9.99. The zero-order valence-corrected chi connectivity index (χ0v) is 11.7. The summed E-state index contributed by atoms with van der Waals surface area (Å²) in [7, 11) is 1.45. The topological polar surface area (TPSA) is 85.5 Å². The maximum Gasteiger partial charge on any atom is 0.303 e. The van der Waals surface area contributed by atoms with Gasteiger partial charge in [-0.2, -0.15) is 0 Å². The van der Waals surface area contributed by atoms with Crippen molar-refractivity contribution < 1.29 is 23.4 Å². The predicted molar refractivity (Wildman–Crippen MR) is 71.4 cm³/mol. The van der Waals surface area contributed by atoms with Crippen molar-refractivity contribution in [3.63, 3.8) is 0 Å². The highest BCUT2D eigenvalue weighted by molar-refractivity contribution is 5.67. The van der Waals surface area contributed by atoms with Gasteiger partial charge in [-0.15, -0.1) is 10.2 Å². The standard InChI is InChI=1S/C14H15FN2O4/c1-8(6-13(18)19)5-12-16-17-14(21-12)10-4-3-9(20-2)7-11(10)15/h3-4,7-8H,5-6H2,1-2H3,(H,18,19). The van der Waals surface area contributed by atoms with Crippen molar-refractivity contribution in [2.75, 3.05) is 7.11 Å². The molecular weight excluding hydrogens is 279 g/mol. The van der Waals surface area contributed by atoms with Crippen LogP contribution in [0.2, 0.25) is 0 Å². The molecule has 2 aromatic rings. The van der Waals surface area contributed by atoms with Gasteiger partial charge in [-0.05, 0) is 18.1 Å². The zero-order chi connectivity index (χ0) is 15.4. The number of ether oxygens (including phenoxy) is 1. The second-order valence-electron chi connectivity index (χ2n) is 4.75. The molecule has 0 saturated carbocycles. The Kier molecular flexibility index (Phi) is 4.52. The summed E-state index contributed by atoms with van der Waals surface area (Å²) < 4.78 is 24.2. The number of carboxylic acid groups (broad SMARTS) is 1. The molecule has 2 rings (SSSR count). The minimum atomic E-state index is -0.886. The van der Waals surface area contributed by atoms with Crippen molar-refractivity contribution in [2.45, 2.75) is 19.8 Å². The van der Waals surface area contributed by atoms with E-state index in [0.29, 0.717) is 12.2 Å². The number of hydrogen-bond donors (Lipinski definition) is 1. The molecule has 0 amide bonds. The van der Waals surface area contributed by atoms with E-state index in [9.17, 15) is 9.18 Å². The third-order valence-electron chi connectivity index (χ3n) is 2.92. The van der Waals surface area contributed by atoms with Gasteiger partial charge in [0.05, 0.1) is 12.7 Å². The highest BCUT2D eigenvalue weighted by Crippen LogP contribution is 2.25. The van der Waals surface area contributed by atoms with Gasteiger partial charge in [-0.3, -0.25) is 4.79 Å². The first kappa shape index (κ1) is 15.0. The van der Waals surface area contributed by atoms with E-state index < -0.39 is 11.8 Å². The number of rotatable bonds is 6. The summed E-state index contributed by atoms with van der Waals surface area (Å²) in [6, 6.07) is 4.31. The molecule has 7 heteroatoms. The van der Waals surface area contributed by atoms with Crippen LogP contribution in [-0.2, 0) is 11.2 Å². The number of nitrogens with zero attached hydrogens (tertiary/aromatic N) is 2. The monoisotopic (exact) mass is 294 g/mol. The summed E-state index contributed by atoms with van der Waals surface area (Å²) in [6.45, 7) is 1.77. The minimum Gasteiger partial charge on any atom is -0.497 e. The Morgan fingerprint density at radius 3 is 2.86 bits per heavy atom. The molecule has 0 aliphatic heterocycles. The van der Waals surface area contributed by atoms with Crippen molar-refractivity contribution >= 4 is 5.97 Å². The van der Waals surface area contributed by atoms with E-state index in [1.807, 2.05) is 0 Å². The Balaban J connectivity index is 2.14. The van der Waals surface area contributed by atoms with E-state index in [-0.39, 0.29) is 29.7 Å². The van der Waals surface area contributed by atoms with Gasteiger partial charge in [0, 0.05) is 18.9 Å². The van der Waals surface area contributed by atoms with Crippen LogP contribution < -0.4 is 4.74 Å². The van der Waals surface area contributed by atoms with Crippen molar-refractivity contribution in [3.05, 3.63) is 29.9 Å². The third-order valence-corrected chi connectivity index (χ3v) is 2.92. The van der Waals surface area contributed by atoms with Gasteiger partial charge in [-0.25, -0.2) is 4.39 Å². The summed E-state index contributed by atoms with van der Waals surface area (Å²) in [5.41, 5.74) is 0.181. The maximum atomic E-state index is 13.9. The quantitative estimate of drug-likeness (QED) is 0.881. The summed E-state index contributed by atoms with van der Waals surface area (Å²) in [4.78, 5) is 10.6. The van der Waals surface area contributed by atoms with Crippen LogP contribution in [0.3, 0.4) is 0 Å². The van der Waals surface area contributed by atoms with Crippen molar-refractivity contribution in [3.8, 4) is 17.2 Å². The van der Waals surface area contributed by atoms with E-state index in [1.54, 1.807) is 13.0 Å². The molecule has 1 aromatic heterocycles. The maximum absolute atomic E-state index is 13.9. The highest BCUT2D eigenvalue weighted by atomic mass is 19.1. The SMILES string of the molecule is COc1ccc(-c2nnc(CC(C)CC(=O)O)o2)c(F)c1. The number of carboxylic acids is 1. The second kappa shape index (κ2) is 6.34. The van der Waals surface area contributed by atoms with E-state index in [2.05, 4.69) is 10.2 Å². The van der Waals surface area contributed by atoms with E-state index >= 15 is 0 Å². The number of hydrogen-bond acceptors (Lipinski definition) is 5. The van der Waals surface area contributed by atoms with E-state index in [0.717, 1.165) is 0 Å². The van der Waals surface area contributed by atoms with Crippen LogP contribution in [0.4, 0.5) is 4.39 Å². The Bertz CT molecular complexity index is 642. The lowest BCUT2D eigenvalue weighted by atomic mass is 10.0. The van der Waals surface area contributed by atoms with Crippen LogP contribution in [0.5, 0.6) is 5.75 Å². The van der Waals surface area contributed by atoms with Gasteiger partial charge in [-0.1, -0.05) is 6.92 Å². The number of aromatic nitrogens is 2. The van der Waals surface area contributed by atoms with Crippen LogP contribution in [-0.4, -0.2) is 28.4 Å². The van der Waals surface area contributed by atoms with Gasteiger partial charge in [0.15, 0.2) is 0 Å². The molecule has 112 valence electrons. The molecule has 0 aliphatic carbocycles. The van der Waals surface area contributed by atoms with Gasteiger partial charge < -0.3 is 14.3 Å². The van der Waals surface area contributed by atoms with Crippen LogP contribution in [0, 0.1) is 11.7 Å². The van der Waals surface area contributed by atoms with Crippen molar-refractivity contribution in [2.24, 2.45) is 5.92 Å². The van der Waals surface area contributed by atoms with Crippen LogP contribution >= 0.6 is 0 Å². The molecule has 0 bridgehead atoms. The third kappa shape index (κ3) is 3.77. The van der Waals surface area contributed by atoms with Gasteiger partial charge in [0.2, 0.25) is 5.89 Å². The predicted octanol–water partition coefficient (Wildman–Crippen LogP) is 2.54. The van der Waals surface area contributed by atoms with Crippen molar-refractivity contribution in [1.82, 2.24) is 10.2 Å². The lowest BCUT2D eigenvalue weighted by molar-refractivity contribution is -0.137. The molecule has 1 N–H and O–H groups in total. The molecule has 1 heterocycles. The smallest absolute Gasteiger partial charge is 0.303 e. The molecule has 1 atom stereocenters. The van der Waals surface area contributed by atoms with Crippen LogP contribution in [0.1, 0.15) is 19.2 Å². The minimum absolute atomic E-state index is 0.00854. The molecule has 1 aromatic carbocycles. The van der Waals surface area contributed by atoms with Gasteiger partial charge in [0.25, 0.3) is 5.89 Å². The number of aliphatic carboxylic acids is 1. The molecule has 1 unspecified atom stereocenters. The summed E-state index contributed by atoms with van der Waals surface area (Å²) in [6.07, 6.45) is 0.339. The molecule has 0 saturated heterocycles. The molecule has 6 nitrogen and oxygen atoms in total. The average molecular weight is 294 g/mol. The molecular formula is C14H15FN2O4. The van der Waals surface area contributed by atoms with Crippen LogP contribution in [0.15, 0.2) is 22.6 Å². The number of carbonyl (C=O) groups is 1. The Hall–Kier alpha value is -2.44. The second-order valence-corrected chi connectivity index (χ2v) is 4.75. The Morgan fingerprint density at radius 2 is 2.24 bits per heavy atom. The number of halogens is 1. The molecule has 0 spiro atoms. The van der Waals surface area contributed by atoms with Gasteiger partial charge >= 0.3 is 5.97 Å². The van der Waals surface area contributed by atoms with E-state index in [4.69, 9.17) is 14.3 Å². The summed E-state index contributed by atoms with van der Waals surface area (Å²) >= 11 is 0. The average Bonchev–Trinajstić information content (AvgIpc) is 2.85. The summed E-state index contributed by atoms with van der Waals surface area (Å²) in [5.74, 6) is -0.809. The number of benzene rings is 1. The lowest BCUT2D eigenvalue weighted by Crippen LogP contribution is -2.07. The fraction of sp³-hybridized carbons (Fsp3) is 0.357. The van der Waals surface area contributed by atoms with Gasteiger partial charge in [0.1, 0.15) is 11.6 Å². The first-order valence-corrected chi connectivity index (χ1v) is 6.37. The zero-order valence-electron chi connectivity index (χ0n) is 11.7. The Morgan fingerprint density at radius 1 is 1.48 bits per heavy atom. The number of methoxy groups -OCH3 is 1. The normalized spacial score (nSPS) is 12.1. The lowest BCUT2D eigenvalue weighted by Gasteiger charge is -2.04. The molecule has 0 aliphatic rings. The van der Waals surface area contributed by atoms with Crippen LogP contribution in [0.25, 0.3) is 11.5 Å². The fourth-order valence-electron chi connectivity index (χ4n) is 1.91. The van der Waals surface area contributed by atoms with Crippen molar-refractivity contribution in [1.29, 1.82) is 0 Å².